The molecule has 0 bridgehead atoms. The predicted molar refractivity (Wildman–Crippen MR) is 71.4 cm³/mol. The molecule has 0 aromatic heterocycles. The van der Waals surface area contributed by atoms with Crippen molar-refractivity contribution in [2.45, 2.75) is 31.2 Å². The van der Waals surface area contributed by atoms with Crippen LogP contribution >= 0.6 is 0 Å². The van der Waals surface area contributed by atoms with Crippen molar-refractivity contribution in [3.63, 3.8) is 0 Å². The van der Waals surface area contributed by atoms with Gasteiger partial charge in [0.2, 0.25) is 15.4 Å². The zero-order chi connectivity index (χ0) is 14.5. The maximum absolute atomic E-state index is 12.0. The highest BCUT2D eigenvalue weighted by Crippen LogP contribution is 2.12. The Balaban J connectivity index is 2.78. The summed E-state index contributed by atoms with van der Waals surface area (Å²) in [6.07, 6.45) is 0.895. The standard InChI is InChI=1S/C12H15N3O3S/c1-9-3-5-12(6-4-9)19(17,18)15-10(2)7-11(16)8-14-13/h3-6,8,10,15H,7H2,1-2H3/p+1/b11-8+/t10-/m0/s1. The molecule has 1 atom stereocenters. The number of aliphatic hydroxyl groups excluding tert-OH is 1. The summed E-state index contributed by atoms with van der Waals surface area (Å²) >= 11 is 0. The fraction of sp³-hybridized carbons (Fsp3) is 0.333. The van der Waals surface area contributed by atoms with Gasteiger partial charge >= 0.3 is 6.20 Å². The van der Waals surface area contributed by atoms with Crippen LogP contribution in [0.5, 0.6) is 0 Å². The number of rotatable bonds is 5. The maximum atomic E-state index is 12.0. The van der Waals surface area contributed by atoms with E-state index in [0.29, 0.717) is 0 Å². The average molecular weight is 282 g/mol. The van der Waals surface area contributed by atoms with Crippen LogP contribution in [0, 0.1) is 12.3 Å². The Morgan fingerprint density at radius 2 is 2.05 bits per heavy atom. The van der Waals surface area contributed by atoms with Crippen molar-refractivity contribution < 1.29 is 13.5 Å². The molecule has 0 fully saturated rings. The highest BCUT2D eigenvalue weighted by molar-refractivity contribution is 7.89. The van der Waals surface area contributed by atoms with Gasteiger partial charge in [0.15, 0.2) is 10.7 Å². The highest BCUT2D eigenvalue weighted by atomic mass is 32.2. The van der Waals surface area contributed by atoms with Gasteiger partial charge in [-0.25, -0.2) is 13.1 Å². The van der Waals surface area contributed by atoms with Gasteiger partial charge in [0.25, 0.3) is 0 Å². The van der Waals surface area contributed by atoms with Crippen LogP contribution in [0.15, 0.2) is 41.1 Å². The van der Waals surface area contributed by atoms with Crippen LogP contribution in [0.4, 0.5) is 0 Å². The summed E-state index contributed by atoms with van der Waals surface area (Å²) in [6.45, 7) is 3.47. The van der Waals surface area contributed by atoms with Gasteiger partial charge in [-0.15, -0.1) is 0 Å². The van der Waals surface area contributed by atoms with Crippen molar-refractivity contribution in [2.24, 2.45) is 0 Å². The van der Waals surface area contributed by atoms with Crippen molar-refractivity contribution in [3.8, 4) is 0 Å². The van der Waals surface area contributed by atoms with Crippen LogP contribution in [0.1, 0.15) is 18.9 Å². The van der Waals surface area contributed by atoms with Crippen LogP contribution in [-0.2, 0) is 10.0 Å². The minimum absolute atomic E-state index is 0.0369. The molecule has 1 rings (SSSR count). The third-order valence-corrected chi connectivity index (χ3v) is 4.02. The summed E-state index contributed by atoms with van der Waals surface area (Å²) < 4.78 is 26.4. The maximum Gasteiger partial charge on any atom is 0.387 e. The molecule has 6 nitrogen and oxygen atoms in total. The van der Waals surface area contributed by atoms with Crippen LogP contribution < -0.4 is 4.72 Å². The number of aliphatic hydroxyl groups is 1. The number of nitrogens with one attached hydrogen (secondary N) is 1. The van der Waals surface area contributed by atoms with Crippen molar-refractivity contribution in [1.82, 2.24) is 4.72 Å². The van der Waals surface area contributed by atoms with E-state index in [9.17, 15) is 13.5 Å². The van der Waals surface area contributed by atoms with Crippen LogP contribution in [-0.4, -0.2) is 19.6 Å². The number of nitrogens with zero attached hydrogens (tertiary/aromatic N) is 2. The number of hydrogen-bond acceptors (Lipinski definition) is 4. The molecule has 0 saturated heterocycles. The lowest BCUT2D eigenvalue weighted by atomic mass is 10.2. The van der Waals surface area contributed by atoms with Crippen molar-refractivity contribution >= 4 is 10.0 Å². The molecule has 0 aliphatic carbocycles. The Bertz CT molecular complexity index is 600. The van der Waals surface area contributed by atoms with E-state index < -0.39 is 16.1 Å². The summed E-state index contributed by atoms with van der Waals surface area (Å²) in [7, 11) is -3.62. The molecule has 1 aromatic carbocycles. The van der Waals surface area contributed by atoms with Gasteiger partial charge in [0.1, 0.15) is 0 Å². The molecule has 7 heteroatoms. The molecule has 0 radical (unpaired) electrons. The number of sulfonamides is 1. The molecule has 2 N–H and O–H groups in total. The van der Waals surface area contributed by atoms with Crippen LogP contribution in [0.2, 0.25) is 0 Å². The lowest BCUT2D eigenvalue weighted by Gasteiger charge is -2.12. The molecule has 0 spiro atoms. The first-order valence-corrected chi connectivity index (χ1v) is 7.14. The molecule has 1 aromatic rings. The van der Waals surface area contributed by atoms with Gasteiger partial charge in [-0.1, -0.05) is 17.7 Å². The molecule has 0 heterocycles. The van der Waals surface area contributed by atoms with E-state index in [1.165, 1.54) is 12.1 Å². The first-order valence-electron chi connectivity index (χ1n) is 5.66. The largest absolute Gasteiger partial charge is 0.505 e. The third-order valence-electron chi connectivity index (χ3n) is 2.41. The summed E-state index contributed by atoms with van der Waals surface area (Å²) in [5.41, 5.74) is 0.970. The molecular weight excluding hydrogens is 266 g/mol. The molecule has 0 saturated carbocycles. The van der Waals surface area contributed by atoms with Gasteiger partial charge < -0.3 is 5.11 Å². The summed E-state index contributed by atoms with van der Waals surface area (Å²) in [6, 6.07) is 5.93. The van der Waals surface area contributed by atoms with Crippen LogP contribution in [0.25, 0.3) is 4.98 Å². The van der Waals surface area contributed by atoms with E-state index >= 15 is 0 Å². The molecule has 0 amide bonds. The second-order valence-corrected chi connectivity index (χ2v) is 5.99. The highest BCUT2D eigenvalue weighted by Gasteiger charge is 2.18. The average Bonchev–Trinajstić information content (AvgIpc) is 2.28. The molecular formula is C12H16N3O3S+. The Kier molecular flexibility index (Phi) is 5.03. The van der Waals surface area contributed by atoms with E-state index in [4.69, 9.17) is 5.39 Å². The third kappa shape index (κ3) is 4.69. The Hall–Kier alpha value is -1.91. The van der Waals surface area contributed by atoms with Gasteiger partial charge in [-0.05, 0) is 26.0 Å². The van der Waals surface area contributed by atoms with E-state index in [1.54, 1.807) is 19.1 Å². The number of diazo groups is 1. The van der Waals surface area contributed by atoms with Crippen LogP contribution in [0.3, 0.4) is 0 Å². The monoisotopic (exact) mass is 282 g/mol. The number of aryl methyl sites for hydroxylation is 1. The molecule has 102 valence electrons. The zero-order valence-corrected chi connectivity index (χ0v) is 11.6. The summed E-state index contributed by atoms with van der Waals surface area (Å²) in [4.78, 5) is 2.83. The van der Waals surface area contributed by atoms with Crippen molar-refractivity contribution in [2.75, 3.05) is 0 Å². The second-order valence-electron chi connectivity index (χ2n) is 4.28. The van der Waals surface area contributed by atoms with Crippen molar-refractivity contribution in [1.29, 1.82) is 5.39 Å². The Morgan fingerprint density at radius 1 is 1.47 bits per heavy atom. The van der Waals surface area contributed by atoms with Gasteiger partial charge in [-0.3, -0.25) is 0 Å². The Morgan fingerprint density at radius 3 is 2.58 bits per heavy atom. The van der Waals surface area contributed by atoms with Crippen molar-refractivity contribution in [3.05, 3.63) is 46.8 Å². The predicted octanol–water partition coefficient (Wildman–Crippen LogP) is 2.30. The molecule has 0 aliphatic heterocycles. The quantitative estimate of drug-likeness (QED) is 0.640. The zero-order valence-electron chi connectivity index (χ0n) is 10.7. The SMILES string of the molecule is Cc1ccc(S(=O)(=O)N[C@@H](C)C/C(O)=C\[N+]#N)cc1. The normalized spacial score (nSPS) is 13.8. The van der Waals surface area contributed by atoms with E-state index in [1.807, 2.05) is 6.92 Å². The molecule has 0 unspecified atom stereocenters. The van der Waals surface area contributed by atoms with Gasteiger partial charge in [0, 0.05) is 12.5 Å². The minimum atomic E-state index is -3.62. The van der Waals surface area contributed by atoms with Gasteiger partial charge in [0.05, 0.1) is 4.90 Å². The number of hydrogen-bond donors (Lipinski definition) is 2. The topological polar surface area (TPSA) is 94.6 Å². The summed E-state index contributed by atoms with van der Waals surface area (Å²) in [5, 5.41) is 17.5. The minimum Gasteiger partial charge on any atom is -0.505 e. The Labute approximate surface area is 112 Å². The van der Waals surface area contributed by atoms with E-state index in [2.05, 4.69) is 9.70 Å². The van der Waals surface area contributed by atoms with E-state index in [0.717, 1.165) is 11.8 Å². The fourth-order valence-corrected chi connectivity index (χ4v) is 2.77. The summed E-state index contributed by atoms with van der Waals surface area (Å²) in [5.74, 6) is -0.207. The second kappa shape index (κ2) is 6.31. The first-order chi connectivity index (χ1) is 8.85. The fourth-order valence-electron chi connectivity index (χ4n) is 1.53. The lowest BCUT2D eigenvalue weighted by molar-refractivity contribution is 0.372. The lowest BCUT2D eigenvalue weighted by Crippen LogP contribution is -2.32. The van der Waals surface area contributed by atoms with E-state index in [-0.39, 0.29) is 17.1 Å². The number of benzene rings is 1. The smallest absolute Gasteiger partial charge is 0.387 e. The first kappa shape index (κ1) is 15.1. The molecule has 0 aliphatic rings. The molecule has 19 heavy (non-hydrogen) atoms. The van der Waals surface area contributed by atoms with Gasteiger partial charge in [-0.2, -0.15) is 0 Å².